The largest absolute Gasteiger partial charge is 0.508 e. The molecule has 0 aromatic heterocycles. The zero-order valence-electron chi connectivity index (χ0n) is 25.3. The number of hydrogen-bond acceptors (Lipinski definition) is 3. The highest BCUT2D eigenvalue weighted by Gasteiger charge is 2.20. The van der Waals surface area contributed by atoms with Crippen molar-refractivity contribution in [3.05, 3.63) is 188 Å². The third-order valence-corrected chi connectivity index (χ3v) is 8.01. The highest BCUT2D eigenvalue weighted by Crippen LogP contribution is 2.44. The zero-order valence-corrected chi connectivity index (χ0v) is 25.3. The number of phenols is 1. The molecule has 0 amide bonds. The monoisotopic (exact) mass is 616 g/mol. The van der Waals surface area contributed by atoms with Gasteiger partial charge < -0.3 is 14.9 Å². The molecule has 7 rings (SSSR count). The number of nitrogens with zero attached hydrogens (tertiary/aromatic N) is 2. The van der Waals surface area contributed by atoms with Crippen molar-refractivity contribution >= 4 is 34.1 Å². The van der Waals surface area contributed by atoms with Gasteiger partial charge in [0, 0.05) is 46.0 Å². The quantitative estimate of drug-likeness (QED) is 0.184. The maximum Gasteiger partial charge on any atom is 0.131 e. The van der Waals surface area contributed by atoms with E-state index in [1.54, 1.807) is 36.4 Å². The summed E-state index contributed by atoms with van der Waals surface area (Å²) in [7, 11) is 0. The first-order valence-corrected chi connectivity index (χ1v) is 15.3. The fourth-order valence-corrected chi connectivity index (χ4v) is 5.90. The van der Waals surface area contributed by atoms with Gasteiger partial charge in [0.25, 0.3) is 0 Å². The third-order valence-electron chi connectivity index (χ3n) is 8.01. The van der Waals surface area contributed by atoms with Gasteiger partial charge in [-0.05, 0) is 77.9 Å². The summed E-state index contributed by atoms with van der Waals surface area (Å²) in [5, 5.41) is 11.3. The van der Waals surface area contributed by atoms with Crippen LogP contribution in [-0.2, 0) is 0 Å². The van der Waals surface area contributed by atoms with Gasteiger partial charge in [0.15, 0.2) is 0 Å². The van der Waals surface area contributed by atoms with Crippen LogP contribution < -0.4 is 9.80 Å². The van der Waals surface area contributed by atoms with Crippen LogP contribution in [0.5, 0.6) is 5.75 Å². The second-order valence-corrected chi connectivity index (χ2v) is 11.1. The lowest BCUT2D eigenvalue weighted by atomic mass is 10.0. The van der Waals surface area contributed by atoms with Gasteiger partial charge in [-0.3, -0.25) is 0 Å². The van der Waals surface area contributed by atoms with Gasteiger partial charge in [-0.2, -0.15) is 0 Å². The maximum atomic E-state index is 15.0. The van der Waals surface area contributed by atoms with Crippen molar-refractivity contribution in [2.24, 2.45) is 0 Å². The summed E-state index contributed by atoms with van der Waals surface area (Å²) < 4.78 is 29.9. The van der Waals surface area contributed by atoms with Crippen LogP contribution in [-0.4, -0.2) is 5.11 Å². The number of hydrogen-bond donors (Lipinski definition) is 1. The van der Waals surface area contributed by atoms with Crippen molar-refractivity contribution in [3.8, 4) is 28.0 Å². The number of anilines is 6. The second-order valence-electron chi connectivity index (χ2n) is 11.1. The Morgan fingerprint density at radius 1 is 0.340 bits per heavy atom. The lowest BCUT2D eigenvalue weighted by Crippen LogP contribution is -2.13. The van der Waals surface area contributed by atoms with Crippen LogP contribution in [0.1, 0.15) is 0 Å². The molecule has 5 heteroatoms. The fraction of sp³-hybridized carbons (Fsp3) is 0. The average molecular weight is 617 g/mol. The summed E-state index contributed by atoms with van der Waals surface area (Å²) in [4.78, 5) is 4.07. The van der Waals surface area contributed by atoms with E-state index in [0.717, 1.165) is 28.4 Å². The molecule has 0 aliphatic heterocycles. The van der Waals surface area contributed by atoms with E-state index in [-0.39, 0.29) is 17.4 Å². The predicted octanol–water partition coefficient (Wildman–Crippen LogP) is 11.9. The minimum absolute atomic E-state index is 0.0647. The Hall–Kier alpha value is -6.20. The van der Waals surface area contributed by atoms with Crippen molar-refractivity contribution in [3.63, 3.8) is 0 Å². The number of para-hydroxylation sites is 2. The molecular formula is C42H30F2N2O. The number of halogens is 2. The van der Waals surface area contributed by atoms with Crippen LogP contribution in [0, 0.1) is 11.6 Å². The summed E-state index contributed by atoms with van der Waals surface area (Å²) in [5.41, 5.74) is 7.06. The topological polar surface area (TPSA) is 26.7 Å². The molecule has 7 aromatic carbocycles. The molecule has 0 aliphatic carbocycles. The van der Waals surface area contributed by atoms with Crippen LogP contribution in [0.3, 0.4) is 0 Å². The van der Waals surface area contributed by atoms with E-state index in [1.807, 2.05) is 132 Å². The molecule has 1 N–H and O–H groups in total. The summed E-state index contributed by atoms with van der Waals surface area (Å²) in [6.45, 7) is 0. The number of aromatic hydroxyl groups is 1. The molecule has 228 valence electrons. The number of rotatable bonds is 8. The average Bonchev–Trinajstić information content (AvgIpc) is 3.10. The van der Waals surface area contributed by atoms with Gasteiger partial charge in [0.05, 0.1) is 11.4 Å². The minimum Gasteiger partial charge on any atom is -0.508 e. The van der Waals surface area contributed by atoms with E-state index in [0.29, 0.717) is 27.9 Å². The van der Waals surface area contributed by atoms with Gasteiger partial charge in [-0.25, -0.2) is 8.78 Å². The molecule has 0 unspecified atom stereocenters. The lowest BCUT2D eigenvalue weighted by molar-refractivity contribution is 0.475. The molecular weight excluding hydrogens is 586 g/mol. The Balaban J connectivity index is 1.43. The first-order chi connectivity index (χ1) is 23.0. The second kappa shape index (κ2) is 13.0. The van der Waals surface area contributed by atoms with Crippen molar-refractivity contribution in [1.82, 2.24) is 0 Å². The van der Waals surface area contributed by atoms with Gasteiger partial charge >= 0.3 is 0 Å². The Kier molecular flexibility index (Phi) is 8.18. The van der Waals surface area contributed by atoms with E-state index in [1.165, 1.54) is 12.1 Å². The molecule has 0 aliphatic rings. The first-order valence-electron chi connectivity index (χ1n) is 15.3. The van der Waals surface area contributed by atoms with Gasteiger partial charge in [0.1, 0.15) is 17.4 Å². The molecule has 0 saturated carbocycles. The summed E-state index contributed by atoms with van der Waals surface area (Å²) >= 11 is 0. The molecule has 47 heavy (non-hydrogen) atoms. The number of benzene rings is 7. The molecule has 3 nitrogen and oxygen atoms in total. The van der Waals surface area contributed by atoms with E-state index in [2.05, 4.69) is 4.90 Å². The Labute approximate surface area is 272 Å². The molecule has 7 aromatic rings. The first kappa shape index (κ1) is 29.5. The Morgan fingerprint density at radius 3 is 1.17 bits per heavy atom. The molecule has 0 saturated heterocycles. The standard InChI is InChI=1S/C42H30F2N2O/c43-41-23-9-7-21-39(41)30-13-11-19-34(25-30)46(35-20-12-14-31(26-35)40-22-8-10-24-42(40)44)37-27-36(28-38(47)29-37)45(32-15-3-1-4-16-32)33-17-5-2-6-18-33/h1-29,47H. The fourth-order valence-electron chi connectivity index (χ4n) is 5.90. The molecule has 0 spiro atoms. The third kappa shape index (κ3) is 6.20. The van der Waals surface area contributed by atoms with Crippen molar-refractivity contribution < 1.29 is 13.9 Å². The van der Waals surface area contributed by atoms with E-state index in [9.17, 15) is 13.9 Å². The summed E-state index contributed by atoms with van der Waals surface area (Å²) in [6, 6.07) is 53.9. The van der Waals surface area contributed by atoms with Crippen LogP contribution in [0.2, 0.25) is 0 Å². The van der Waals surface area contributed by atoms with Gasteiger partial charge in [0.2, 0.25) is 0 Å². The van der Waals surface area contributed by atoms with Crippen LogP contribution in [0.25, 0.3) is 22.3 Å². The highest BCUT2D eigenvalue weighted by molar-refractivity contribution is 5.86. The smallest absolute Gasteiger partial charge is 0.131 e. The predicted molar refractivity (Wildman–Crippen MR) is 188 cm³/mol. The number of phenolic OH excluding ortho intramolecular Hbond substituents is 1. The minimum atomic E-state index is -0.321. The summed E-state index contributed by atoms with van der Waals surface area (Å²) in [5.74, 6) is -0.576. The lowest BCUT2D eigenvalue weighted by Gasteiger charge is -2.30. The van der Waals surface area contributed by atoms with Crippen molar-refractivity contribution in [2.75, 3.05) is 9.80 Å². The SMILES string of the molecule is Oc1cc(N(c2ccccc2)c2ccccc2)cc(N(c2cccc(-c3ccccc3F)c2)c2cccc(-c3ccccc3F)c2)c1. The molecule has 0 radical (unpaired) electrons. The van der Waals surface area contributed by atoms with Crippen LogP contribution >= 0.6 is 0 Å². The Bertz CT molecular complexity index is 2020. The Morgan fingerprint density at radius 2 is 0.723 bits per heavy atom. The zero-order chi connectivity index (χ0) is 32.2. The highest BCUT2D eigenvalue weighted by atomic mass is 19.1. The molecule has 0 heterocycles. The molecule has 0 bridgehead atoms. The molecule has 0 fully saturated rings. The summed E-state index contributed by atoms with van der Waals surface area (Å²) in [6.07, 6.45) is 0. The van der Waals surface area contributed by atoms with Crippen LogP contribution in [0.15, 0.2) is 176 Å². The normalized spacial score (nSPS) is 10.9. The molecule has 0 atom stereocenters. The van der Waals surface area contributed by atoms with E-state index >= 15 is 0 Å². The van der Waals surface area contributed by atoms with Gasteiger partial charge in [-0.15, -0.1) is 0 Å². The van der Waals surface area contributed by atoms with E-state index in [4.69, 9.17) is 0 Å². The van der Waals surface area contributed by atoms with Crippen molar-refractivity contribution in [1.29, 1.82) is 0 Å². The maximum absolute atomic E-state index is 15.0. The van der Waals surface area contributed by atoms with E-state index < -0.39 is 0 Å². The van der Waals surface area contributed by atoms with Gasteiger partial charge in [-0.1, -0.05) is 97.1 Å². The van der Waals surface area contributed by atoms with Crippen molar-refractivity contribution in [2.45, 2.75) is 0 Å². The van der Waals surface area contributed by atoms with Crippen LogP contribution in [0.4, 0.5) is 42.9 Å².